The summed E-state index contributed by atoms with van der Waals surface area (Å²) in [7, 11) is 0.736. The maximum Gasteiger partial charge on any atom is 0.431 e. The smallest absolute Gasteiger partial charge is 0.431 e. The van der Waals surface area contributed by atoms with E-state index in [-0.39, 0.29) is 35.0 Å². The number of carbonyl (C=O) groups excluding carboxylic acids is 2. The summed E-state index contributed by atoms with van der Waals surface area (Å²) in [6.07, 6.45) is -4.97. The highest BCUT2D eigenvalue weighted by molar-refractivity contribution is 6.33. The Hall–Kier alpha value is -3.45. The number of nitrogens with zero attached hydrogens (tertiary/aromatic N) is 2. The molecule has 2 aromatic rings. The number of hydrogen-bond acceptors (Lipinski definition) is 7. The number of hydrogen-bond donors (Lipinski definition) is 0. The molecular formula is C21H19ClF4N2O7. The summed E-state index contributed by atoms with van der Waals surface area (Å²) >= 11 is 5.87. The first kappa shape index (κ1) is 27.8. The van der Waals surface area contributed by atoms with Gasteiger partial charge in [0.05, 0.1) is 29.5 Å². The summed E-state index contributed by atoms with van der Waals surface area (Å²) in [6.45, 7) is 4.77. The largest absolute Gasteiger partial charge is 0.461 e. The first-order valence-corrected chi connectivity index (χ1v) is 10.1. The highest BCUT2D eigenvalue weighted by Gasteiger charge is 2.35. The van der Waals surface area contributed by atoms with Crippen molar-refractivity contribution in [2.45, 2.75) is 19.2 Å². The normalized spacial score (nSPS) is 12.2. The van der Waals surface area contributed by atoms with Crippen LogP contribution < -0.4 is 11.2 Å². The first-order valence-electron chi connectivity index (χ1n) is 9.75. The molecule has 0 fully saturated rings. The van der Waals surface area contributed by atoms with Crippen LogP contribution in [0.15, 0.2) is 40.4 Å². The van der Waals surface area contributed by atoms with Crippen LogP contribution in [0.1, 0.15) is 23.0 Å². The zero-order valence-corrected chi connectivity index (χ0v) is 19.1. The van der Waals surface area contributed by atoms with Crippen LogP contribution in [0.2, 0.25) is 5.02 Å². The summed E-state index contributed by atoms with van der Waals surface area (Å²) < 4.78 is 68.8. The van der Waals surface area contributed by atoms with E-state index < -0.39 is 63.3 Å². The number of carbonyl (C=O) groups is 2. The van der Waals surface area contributed by atoms with Gasteiger partial charge >= 0.3 is 23.8 Å². The Balaban J connectivity index is 2.35. The van der Waals surface area contributed by atoms with Gasteiger partial charge in [0.2, 0.25) is 0 Å². The van der Waals surface area contributed by atoms with Gasteiger partial charge in [-0.25, -0.2) is 23.3 Å². The average Bonchev–Trinajstić information content (AvgIpc) is 2.76. The molecule has 0 N–H and O–H groups in total. The van der Waals surface area contributed by atoms with E-state index in [1.54, 1.807) is 0 Å². The molecule has 1 heterocycles. The lowest BCUT2D eigenvalue weighted by atomic mass is 10.2. The third kappa shape index (κ3) is 6.57. The van der Waals surface area contributed by atoms with Crippen LogP contribution in [-0.2, 0) is 32.2 Å². The molecule has 0 saturated carbocycles. The topological polar surface area (TPSA) is 106 Å². The lowest BCUT2D eigenvalue weighted by Crippen LogP contribution is -2.41. The van der Waals surface area contributed by atoms with Crippen LogP contribution in [-0.4, -0.2) is 47.0 Å². The molecule has 1 aromatic carbocycles. The quantitative estimate of drug-likeness (QED) is 0.216. The number of benzene rings is 1. The van der Waals surface area contributed by atoms with E-state index in [1.165, 1.54) is 13.0 Å². The summed E-state index contributed by atoms with van der Waals surface area (Å²) in [5.41, 5.74) is -6.00. The monoisotopic (exact) mass is 522 g/mol. The van der Waals surface area contributed by atoms with Crippen molar-refractivity contribution >= 4 is 23.5 Å². The van der Waals surface area contributed by atoms with Gasteiger partial charge in [0, 0.05) is 13.1 Å². The van der Waals surface area contributed by atoms with Crippen LogP contribution in [0, 0.1) is 5.82 Å². The molecule has 35 heavy (non-hydrogen) atoms. The Bertz CT molecular complexity index is 1250. The lowest BCUT2D eigenvalue weighted by molar-refractivity contribution is -0.154. The predicted octanol–water partition coefficient (Wildman–Crippen LogP) is 2.64. The molecule has 1 aromatic heterocycles. The van der Waals surface area contributed by atoms with Crippen LogP contribution in [0.3, 0.4) is 0 Å². The van der Waals surface area contributed by atoms with Crippen molar-refractivity contribution in [2.24, 2.45) is 7.05 Å². The minimum absolute atomic E-state index is 0.0580. The second-order valence-corrected chi connectivity index (χ2v) is 7.31. The van der Waals surface area contributed by atoms with Crippen molar-refractivity contribution in [2.75, 3.05) is 19.8 Å². The Morgan fingerprint density at radius 2 is 1.86 bits per heavy atom. The van der Waals surface area contributed by atoms with Crippen molar-refractivity contribution in [3.05, 3.63) is 73.8 Å². The van der Waals surface area contributed by atoms with Crippen molar-refractivity contribution in [1.82, 2.24) is 9.13 Å². The zero-order valence-electron chi connectivity index (χ0n) is 18.4. The molecular weight excluding hydrogens is 504 g/mol. The number of esters is 2. The van der Waals surface area contributed by atoms with E-state index in [0.717, 1.165) is 7.05 Å². The van der Waals surface area contributed by atoms with E-state index >= 15 is 0 Å². The summed E-state index contributed by atoms with van der Waals surface area (Å²) in [6, 6.07) is 1.32. The van der Waals surface area contributed by atoms with Crippen molar-refractivity contribution in [3.8, 4) is 5.69 Å². The van der Waals surface area contributed by atoms with E-state index in [2.05, 4.69) is 6.58 Å². The Morgan fingerprint density at radius 1 is 1.20 bits per heavy atom. The van der Waals surface area contributed by atoms with Gasteiger partial charge in [-0.15, -0.1) is 6.58 Å². The number of ether oxygens (including phenoxy) is 3. The van der Waals surface area contributed by atoms with Crippen molar-refractivity contribution in [3.63, 3.8) is 0 Å². The van der Waals surface area contributed by atoms with Gasteiger partial charge in [0.15, 0.2) is 6.10 Å². The highest BCUT2D eigenvalue weighted by Crippen LogP contribution is 2.28. The first-order chi connectivity index (χ1) is 16.3. The number of aromatic nitrogens is 2. The third-order valence-corrected chi connectivity index (χ3v) is 4.74. The molecule has 0 bridgehead atoms. The van der Waals surface area contributed by atoms with E-state index in [9.17, 15) is 36.7 Å². The molecule has 0 aliphatic rings. The standard InChI is InChI=1S/C21H19ClF4N2O7/c1-4-5-33-6-7-34-18(30)11(2)35-19(31)12-8-15(14(23)9-13(12)22)28-17(29)10-16(21(24,25)26)27(3)20(28)32/h4,8-11H,1,5-7H2,2-3H3/t11-/m1/s1. The van der Waals surface area contributed by atoms with E-state index in [4.69, 9.17) is 25.8 Å². The molecule has 190 valence electrons. The fourth-order valence-corrected chi connectivity index (χ4v) is 2.97. The molecule has 0 spiro atoms. The van der Waals surface area contributed by atoms with E-state index in [0.29, 0.717) is 12.1 Å². The summed E-state index contributed by atoms with van der Waals surface area (Å²) in [5, 5.41) is -0.508. The van der Waals surface area contributed by atoms with Crippen LogP contribution >= 0.6 is 11.6 Å². The molecule has 0 radical (unpaired) electrons. The Labute approximate surface area is 200 Å². The average molecular weight is 523 g/mol. The van der Waals surface area contributed by atoms with Gasteiger partial charge in [-0.1, -0.05) is 17.7 Å². The van der Waals surface area contributed by atoms with Gasteiger partial charge in [-0.05, 0) is 19.1 Å². The molecule has 0 unspecified atom stereocenters. The van der Waals surface area contributed by atoms with Gasteiger partial charge in [0.1, 0.15) is 18.1 Å². The molecule has 9 nitrogen and oxygen atoms in total. The van der Waals surface area contributed by atoms with Gasteiger partial charge in [-0.2, -0.15) is 13.2 Å². The molecule has 0 saturated heterocycles. The van der Waals surface area contributed by atoms with E-state index in [1.807, 2.05) is 0 Å². The second kappa shape index (κ2) is 11.3. The Kier molecular flexibility index (Phi) is 8.99. The minimum atomic E-state index is -5.03. The third-order valence-electron chi connectivity index (χ3n) is 4.43. The fourth-order valence-electron chi connectivity index (χ4n) is 2.74. The number of rotatable bonds is 9. The van der Waals surface area contributed by atoms with Crippen LogP contribution in [0.4, 0.5) is 17.6 Å². The SMILES string of the molecule is C=CCOCCOC(=O)[C@@H](C)OC(=O)c1cc(-n2c(=O)cc(C(F)(F)F)n(C)c2=O)c(F)cc1Cl. The molecule has 0 amide bonds. The molecule has 0 aliphatic heterocycles. The molecule has 1 atom stereocenters. The maximum absolute atomic E-state index is 14.6. The zero-order chi connectivity index (χ0) is 26.5. The summed E-state index contributed by atoms with van der Waals surface area (Å²) in [5.74, 6) is -3.47. The summed E-state index contributed by atoms with van der Waals surface area (Å²) in [4.78, 5) is 49.2. The van der Waals surface area contributed by atoms with Gasteiger partial charge in [-0.3, -0.25) is 9.36 Å². The molecule has 14 heteroatoms. The van der Waals surface area contributed by atoms with Crippen molar-refractivity contribution < 1.29 is 41.4 Å². The van der Waals surface area contributed by atoms with Crippen LogP contribution in [0.5, 0.6) is 0 Å². The van der Waals surface area contributed by atoms with Crippen LogP contribution in [0.25, 0.3) is 5.69 Å². The number of halogens is 5. The molecule has 2 rings (SSSR count). The Morgan fingerprint density at radius 3 is 2.46 bits per heavy atom. The predicted molar refractivity (Wildman–Crippen MR) is 114 cm³/mol. The number of alkyl halides is 3. The molecule has 0 aliphatic carbocycles. The fraction of sp³-hybridized carbons (Fsp3) is 0.333. The highest BCUT2D eigenvalue weighted by atomic mass is 35.5. The minimum Gasteiger partial charge on any atom is -0.461 e. The van der Waals surface area contributed by atoms with Gasteiger partial charge < -0.3 is 14.2 Å². The van der Waals surface area contributed by atoms with Gasteiger partial charge in [0.25, 0.3) is 5.56 Å². The maximum atomic E-state index is 14.6. The van der Waals surface area contributed by atoms with Crippen molar-refractivity contribution in [1.29, 1.82) is 0 Å². The second-order valence-electron chi connectivity index (χ2n) is 6.90. The lowest BCUT2D eigenvalue weighted by Gasteiger charge is -2.16.